The second-order valence-corrected chi connectivity index (χ2v) is 5.84. The molecule has 1 aliphatic rings. The lowest BCUT2D eigenvalue weighted by Gasteiger charge is -2.24. The number of anilines is 1. The first-order chi connectivity index (χ1) is 12.6. The molecule has 2 rings (SSSR count). The number of halogens is 5. The van der Waals surface area contributed by atoms with E-state index in [4.69, 9.17) is 19.3 Å². The fraction of sp³-hybridized carbons (Fsp3) is 0.562. The molecule has 2 atom stereocenters. The molecule has 152 valence electrons. The van der Waals surface area contributed by atoms with Crippen LogP contribution >= 0.6 is 0 Å². The second kappa shape index (κ2) is 8.26. The Morgan fingerprint density at radius 1 is 1.26 bits per heavy atom. The zero-order valence-electron chi connectivity index (χ0n) is 14.2. The smallest absolute Gasteiger partial charge is 0.456 e. The lowest BCUT2D eigenvalue weighted by Crippen LogP contribution is -2.47. The van der Waals surface area contributed by atoms with Crippen LogP contribution in [0.4, 0.5) is 32.4 Å². The average Bonchev–Trinajstić information content (AvgIpc) is 2.95. The largest absolute Gasteiger partial charge is 0.493 e. The van der Waals surface area contributed by atoms with Gasteiger partial charge in [0.1, 0.15) is 18.0 Å². The van der Waals surface area contributed by atoms with Crippen LogP contribution in [0.25, 0.3) is 0 Å². The van der Waals surface area contributed by atoms with Crippen molar-refractivity contribution in [2.24, 2.45) is 0 Å². The molecule has 1 saturated heterocycles. The highest BCUT2D eigenvalue weighted by molar-refractivity contribution is 5.89. The van der Waals surface area contributed by atoms with E-state index in [9.17, 15) is 26.7 Å². The number of cyclic esters (lactones) is 1. The predicted octanol–water partition coefficient (Wildman–Crippen LogP) is 2.99. The van der Waals surface area contributed by atoms with E-state index in [0.29, 0.717) is 5.69 Å². The predicted molar refractivity (Wildman–Crippen MR) is 83.1 cm³/mol. The molecule has 0 aromatic heterocycles. The van der Waals surface area contributed by atoms with Crippen molar-refractivity contribution in [2.45, 2.75) is 30.7 Å². The van der Waals surface area contributed by atoms with E-state index >= 15 is 0 Å². The molecule has 1 aromatic rings. The van der Waals surface area contributed by atoms with Gasteiger partial charge in [-0.2, -0.15) is 22.0 Å². The summed E-state index contributed by atoms with van der Waals surface area (Å²) in [6, 6.07) is 5.85. The van der Waals surface area contributed by atoms with Crippen molar-refractivity contribution in [3.8, 4) is 5.75 Å². The number of hydrogen-bond acceptors (Lipinski definition) is 5. The number of hydrogen-bond donors (Lipinski definition) is 1. The van der Waals surface area contributed by atoms with Crippen LogP contribution < -0.4 is 9.64 Å². The molecule has 6 nitrogen and oxygen atoms in total. The highest BCUT2D eigenvalue weighted by atomic mass is 19.4. The molecular weight excluding hydrogens is 381 g/mol. The number of aliphatic hydroxyl groups is 1. The van der Waals surface area contributed by atoms with Crippen molar-refractivity contribution >= 4 is 11.8 Å². The molecule has 0 saturated carbocycles. The molecule has 0 bridgehead atoms. The lowest BCUT2D eigenvalue weighted by atomic mass is 10.1. The lowest BCUT2D eigenvalue weighted by molar-refractivity contribution is -0.313. The van der Waals surface area contributed by atoms with Gasteiger partial charge in [0.2, 0.25) is 0 Å². The van der Waals surface area contributed by atoms with E-state index in [-0.39, 0.29) is 18.9 Å². The zero-order chi connectivity index (χ0) is 20.2. The fourth-order valence-electron chi connectivity index (χ4n) is 2.39. The van der Waals surface area contributed by atoms with Crippen LogP contribution in [0.2, 0.25) is 0 Å². The molecule has 2 unspecified atom stereocenters. The number of nitrogens with zero attached hydrogens (tertiary/aromatic N) is 1. The van der Waals surface area contributed by atoms with E-state index in [1.807, 2.05) is 0 Å². The molecule has 11 heteroatoms. The van der Waals surface area contributed by atoms with E-state index in [0.717, 1.165) is 0 Å². The molecule has 0 aliphatic carbocycles. The summed E-state index contributed by atoms with van der Waals surface area (Å²) in [5, 5.41) is 9.06. The topological polar surface area (TPSA) is 68.2 Å². The van der Waals surface area contributed by atoms with Crippen LogP contribution in [0.15, 0.2) is 24.3 Å². The molecule has 1 aromatic carbocycles. The van der Waals surface area contributed by atoms with E-state index in [1.54, 1.807) is 0 Å². The minimum atomic E-state index is -5.83. The van der Waals surface area contributed by atoms with Crippen molar-refractivity contribution in [1.29, 1.82) is 0 Å². The third-order valence-electron chi connectivity index (χ3n) is 3.83. The molecule has 0 radical (unpaired) electrons. The van der Waals surface area contributed by atoms with Gasteiger partial charge < -0.3 is 19.3 Å². The van der Waals surface area contributed by atoms with Gasteiger partial charge >= 0.3 is 18.2 Å². The molecule has 1 heterocycles. The summed E-state index contributed by atoms with van der Waals surface area (Å²) in [6.45, 7) is -0.0201. The number of methoxy groups -OCH3 is 1. The van der Waals surface area contributed by atoms with Gasteiger partial charge in [0, 0.05) is 19.2 Å². The highest BCUT2D eigenvalue weighted by Crippen LogP contribution is 2.39. The third kappa shape index (κ3) is 4.98. The van der Waals surface area contributed by atoms with E-state index in [2.05, 4.69) is 0 Å². The summed E-state index contributed by atoms with van der Waals surface area (Å²) in [4.78, 5) is 13.2. The third-order valence-corrected chi connectivity index (χ3v) is 3.83. The van der Waals surface area contributed by atoms with Gasteiger partial charge in [0.05, 0.1) is 19.8 Å². The first kappa shape index (κ1) is 21.2. The minimum absolute atomic E-state index is 0.183. The van der Waals surface area contributed by atoms with Crippen LogP contribution in [0.5, 0.6) is 5.75 Å². The molecule has 1 fully saturated rings. The van der Waals surface area contributed by atoms with Crippen molar-refractivity contribution in [1.82, 2.24) is 0 Å². The summed E-state index contributed by atoms with van der Waals surface area (Å²) in [6.07, 6.45) is -10.6. The summed E-state index contributed by atoms with van der Waals surface area (Å²) in [7, 11) is 1.48. The summed E-state index contributed by atoms with van der Waals surface area (Å²) in [5.74, 6) is -5.03. The number of benzene rings is 1. The van der Waals surface area contributed by atoms with Crippen molar-refractivity contribution in [3.63, 3.8) is 0 Å². The van der Waals surface area contributed by atoms with Crippen molar-refractivity contribution in [2.75, 3.05) is 31.8 Å². The number of carbonyl (C=O) groups excluding carboxylic acids is 1. The fourth-order valence-corrected chi connectivity index (χ4v) is 2.39. The Labute approximate surface area is 151 Å². The standard InChI is InChI=1S/C16H18F5NO5/c1-25-9-12-8-22(14(24)27-12)10-2-4-11(5-3-10)26-7-6-13(23)15(17,18)16(19,20)21/h2-5,12-13,23H,6-9H2,1H3. The molecule has 1 N–H and O–H groups in total. The van der Waals surface area contributed by atoms with Crippen molar-refractivity contribution in [3.05, 3.63) is 24.3 Å². The van der Waals surface area contributed by atoms with Gasteiger partial charge in [-0.25, -0.2) is 4.79 Å². The maximum Gasteiger partial charge on any atom is 0.456 e. The van der Waals surface area contributed by atoms with Gasteiger partial charge in [-0.1, -0.05) is 0 Å². The second-order valence-electron chi connectivity index (χ2n) is 5.84. The van der Waals surface area contributed by atoms with Gasteiger partial charge in [0.25, 0.3) is 0 Å². The van der Waals surface area contributed by atoms with Crippen LogP contribution in [0.3, 0.4) is 0 Å². The number of amides is 1. The number of carbonyl (C=O) groups is 1. The van der Waals surface area contributed by atoms with E-state index in [1.165, 1.54) is 36.3 Å². The Balaban J connectivity index is 1.87. The maximum atomic E-state index is 12.9. The van der Waals surface area contributed by atoms with Gasteiger partial charge in [-0.3, -0.25) is 4.90 Å². The zero-order valence-corrected chi connectivity index (χ0v) is 14.2. The Hall–Kier alpha value is -2.14. The van der Waals surface area contributed by atoms with Crippen LogP contribution in [-0.2, 0) is 9.47 Å². The minimum Gasteiger partial charge on any atom is -0.493 e. The summed E-state index contributed by atoms with van der Waals surface area (Å²) in [5.41, 5.74) is 0.495. The Morgan fingerprint density at radius 3 is 2.44 bits per heavy atom. The molecule has 1 aliphatic heterocycles. The Bertz CT molecular complexity index is 637. The Kier molecular flexibility index (Phi) is 6.47. The van der Waals surface area contributed by atoms with Gasteiger partial charge in [-0.05, 0) is 24.3 Å². The SMILES string of the molecule is COCC1CN(c2ccc(OCCC(O)C(F)(F)C(F)(F)F)cc2)C(=O)O1. The number of rotatable bonds is 8. The van der Waals surface area contributed by atoms with Crippen LogP contribution in [0.1, 0.15) is 6.42 Å². The monoisotopic (exact) mass is 399 g/mol. The highest BCUT2D eigenvalue weighted by Gasteiger charge is 2.61. The number of aliphatic hydroxyl groups excluding tert-OH is 1. The molecule has 27 heavy (non-hydrogen) atoms. The molecular formula is C16H18F5NO5. The average molecular weight is 399 g/mol. The first-order valence-electron chi connectivity index (χ1n) is 7.89. The summed E-state index contributed by atoms with van der Waals surface area (Å²) >= 11 is 0. The number of alkyl halides is 5. The molecule has 1 amide bonds. The first-order valence-corrected chi connectivity index (χ1v) is 7.89. The Morgan fingerprint density at radius 2 is 1.89 bits per heavy atom. The normalized spacial score (nSPS) is 19.1. The molecule has 0 spiro atoms. The quantitative estimate of drug-likeness (QED) is 0.681. The summed E-state index contributed by atoms with van der Waals surface area (Å²) < 4.78 is 77.3. The van der Waals surface area contributed by atoms with Gasteiger partial charge in [0.15, 0.2) is 0 Å². The van der Waals surface area contributed by atoms with Crippen molar-refractivity contribution < 1.29 is 46.1 Å². The number of ether oxygens (including phenoxy) is 3. The van der Waals surface area contributed by atoms with Crippen LogP contribution in [-0.4, -0.2) is 62.4 Å². The van der Waals surface area contributed by atoms with E-state index < -0.39 is 43.4 Å². The van der Waals surface area contributed by atoms with Gasteiger partial charge in [-0.15, -0.1) is 0 Å². The van der Waals surface area contributed by atoms with Crippen LogP contribution in [0, 0.1) is 0 Å². The maximum absolute atomic E-state index is 12.9.